The number of carbonyl (C=O) groups is 2. The van der Waals surface area contributed by atoms with E-state index >= 15 is 0 Å². The minimum atomic E-state index is -4.48. The molecule has 1 fully saturated rings. The summed E-state index contributed by atoms with van der Waals surface area (Å²) in [4.78, 5) is 25.3. The highest BCUT2D eigenvalue weighted by atomic mass is 35.5. The zero-order valence-electron chi connectivity index (χ0n) is 18.1. The third-order valence-electron chi connectivity index (χ3n) is 7.33. The molecule has 8 heteroatoms. The lowest BCUT2D eigenvalue weighted by molar-refractivity contribution is -0.160. The smallest absolute Gasteiger partial charge is 0.303 e. The van der Waals surface area contributed by atoms with E-state index in [-0.39, 0.29) is 34.9 Å². The van der Waals surface area contributed by atoms with Crippen LogP contribution >= 0.6 is 11.6 Å². The molecule has 4 nitrogen and oxygen atoms in total. The zero-order chi connectivity index (χ0) is 23.4. The van der Waals surface area contributed by atoms with Crippen LogP contribution in [0.1, 0.15) is 77.8 Å². The molecule has 0 amide bonds. The summed E-state index contributed by atoms with van der Waals surface area (Å²) < 4.78 is 43.1. The van der Waals surface area contributed by atoms with Gasteiger partial charge in [-0.3, -0.25) is 4.79 Å². The summed E-state index contributed by atoms with van der Waals surface area (Å²) in [5, 5.41) is 4.64. The summed E-state index contributed by atoms with van der Waals surface area (Å²) in [6.07, 6.45) is 3.94. The first-order chi connectivity index (χ1) is 15.8. The van der Waals surface area contributed by atoms with Crippen LogP contribution in [0.5, 0.6) is 0 Å². The number of benzene rings is 1. The Bertz CT molecular complexity index is 1160. The van der Waals surface area contributed by atoms with Gasteiger partial charge in [-0.1, -0.05) is 29.8 Å². The van der Waals surface area contributed by atoms with Crippen molar-refractivity contribution in [3.63, 3.8) is 0 Å². The van der Waals surface area contributed by atoms with Crippen LogP contribution in [0.15, 0.2) is 24.3 Å². The summed E-state index contributed by atoms with van der Waals surface area (Å²) in [6.45, 7) is 0. The van der Waals surface area contributed by atoms with E-state index in [1.807, 2.05) is 0 Å². The molecule has 1 atom stereocenters. The van der Waals surface area contributed by atoms with Crippen LogP contribution in [0.4, 0.5) is 13.2 Å². The Hall–Kier alpha value is -2.41. The van der Waals surface area contributed by atoms with Crippen molar-refractivity contribution >= 4 is 29.4 Å². The van der Waals surface area contributed by atoms with Gasteiger partial charge in [-0.15, -0.1) is 0 Å². The van der Waals surface area contributed by atoms with Gasteiger partial charge in [-0.25, -0.2) is 0 Å². The van der Waals surface area contributed by atoms with E-state index < -0.39 is 17.5 Å². The number of fused-ring (bicyclic) bond motifs is 1. The molecule has 0 bridgehead atoms. The van der Waals surface area contributed by atoms with Crippen LogP contribution in [0.25, 0.3) is 5.57 Å². The summed E-state index contributed by atoms with van der Waals surface area (Å²) >= 11 is 6.36. The van der Waals surface area contributed by atoms with Gasteiger partial charge in [0.15, 0.2) is 0 Å². The van der Waals surface area contributed by atoms with Crippen LogP contribution in [0.3, 0.4) is 0 Å². The molecule has 0 saturated heterocycles. The van der Waals surface area contributed by atoms with Crippen LogP contribution in [-0.4, -0.2) is 28.2 Å². The maximum atomic E-state index is 14.0. The summed E-state index contributed by atoms with van der Waals surface area (Å²) in [7, 11) is 0. The second-order valence-corrected chi connectivity index (χ2v) is 9.75. The molecule has 3 aliphatic carbocycles. The fraction of sp³-hybridized carbons (Fsp3) is 0.480. The van der Waals surface area contributed by atoms with Crippen LogP contribution in [0.2, 0.25) is 5.02 Å². The topological polar surface area (TPSA) is 52.0 Å². The highest BCUT2D eigenvalue weighted by Gasteiger charge is 2.65. The van der Waals surface area contributed by atoms with E-state index in [2.05, 4.69) is 11.2 Å². The second-order valence-electron chi connectivity index (χ2n) is 9.35. The third-order valence-corrected chi connectivity index (χ3v) is 7.64. The largest absolute Gasteiger partial charge is 0.398 e. The van der Waals surface area contributed by atoms with Crippen molar-refractivity contribution in [3.8, 4) is 0 Å². The van der Waals surface area contributed by atoms with Crippen molar-refractivity contribution < 1.29 is 22.8 Å². The number of aromatic nitrogens is 2. The molecule has 33 heavy (non-hydrogen) atoms. The molecule has 0 spiro atoms. The number of hydrogen-bond acceptors (Lipinski definition) is 3. The number of carbonyl (C=O) groups excluding carboxylic acids is 2. The van der Waals surface area contributed by atoms with Gasteiger partial charge in [0, 0.05) is 11.5 Å². The molecule has 2 aromatic rings. The number of alkyl halides is 3. The molecule has 1 aromatic carbocycles. The number of aldehydes is 1. The average molecular weight is 477 g/mol. The van der Waals surface area contributed by atoms with Crippen molar-refractivity contribution in [2.75, 3.05) is 0 Å². The molecule has 3 aliphatic rings. The number of nitrogens with zero attached hydrogens (tertiary/aromatic N) is 2. The van der Waals surface area contributed by atoms with Crippen molar-refractivity contribution in [2.45, 2.75) is 69.4 Å². The van der Waals surface area contributed by atoms with E-state index in [1.54, 1.807) is 0 Å². The first-order valence-corrected chi connectivity index (χ1v) is 11.8. The monoisotopic (exact) mass is 476 g/mol. The average Bonchev–Trinajstić information content (AvgIpc) is 3.55. The summed E-state index contributed by atoms with van der Waals surface area (Å²) in [5.41, 5.74) is 1.09. The standard InChI is InChI=1S/C25H24ClF3N2O2/c26-19-8-4-7-18(24(11-12-24)25(27,28)29)21(19)23(33)31-20-13-15(14-32)9-10-17(20)22(30-31)16-5-2-1-3-6-16/h4-5,7-8,14-15H,1-3,6,9-13H2. The highest BCUT2D eigenvalue weighted by Crippen LogP contribution is 2.60. The van der Waals surface area contributed by atoms with Crippen LogP contribution < -0.4 is 0 Å². The maximum Gasteiger partial charge on any atom is 0.398 e. The van der Waals surface area contributed by atoms with Crippen molar-refractivity contribution in [3.05, 3.63) is 57.4 Å². The summed E-state index contributed by atoms with van der Waals surface area (Å²) in [5.74, 6) is -0.902. The van der Waals surface area contributed by atoms with Crippen molar-refractivity contribution in [2.24, 2.45) is 5.92 Å². The first-order valence-electron chi connectivity index (χ1n) is 11.4. The van der Waals surface area contributed by atoms with E-state index in [0.29, 0.717) is 25.0 Å². The molecule has 1 unspecified atom stereocenters. The fourth-order valence-corrected chi connectivity index (χ4v) is 5.57. The maximum absolute atomic E-state index is 14.0. The van der Waals surface area contributed by atoms with Crippen LogP contribution in [-0.2, 0) is 23.1 Å². The molecule has 1 aromatic heterocycles. The number of rotatable bonds is 4. The molecule has 0 aliphatic heterocycles. The number of allylic oxidation sites excluding steroid dienone is 2. The predicted molar refractivity (Wildman–Crippen MR) is 118 cm³/mol. The minimum absolute atomic E-state index is 0.0153. The first kappa shape index (κ1) is 22.4. The molecule has 0 N–H and O–H groups in total. The lowest BCUT2D eigenvalue weighted by atomic mass is 9.85. The lowest BCUT2D eigenvalue weighted by Crippen LogP contribution is -2.32. The van der Waals surface area contributed by atoms with E-state index in [4.69, 9.17) is 11.6 Å². The highest BCUT2D eigenvalue weighted by molar-refractivity contribution is 6.34. The zero-order valence-corrected chi connectivity index (χ0v) is 18.8. The fourth-order valence-electron chi connectivity index (χ4n) is 5.31. The molecule has 174 valence electrons. The lowest BCUT2D eigenvalue weighted by Gasteiger charge is -2.23. The van der Waals surface area contributed by atoms with Crippen molar-refractivity contribution in [1.29, 1.82) is 0 Å². The van der Waals surface area contributed by atoms with Gasteiger partial charge in [-0.2, -0.15) is 23.0 Å². The van der Waals surface area contributed by atoms with Gasteiger partial charge in [0.2, 0.25) is 0 Å². The Kier molecular flexibility index (Phi) is 5.51. The molecular weight excluding hydrogens is 453 g/mol. The van der Waals surface area contributed by atoms with E-state index in [1.165, 1.54) is 22.9 Å². The van der Waals surface area contributed by atoms with Gasteiger partial charge in [0.1, 0.15) is 6.29 Å². The molecule has 0 radical (unpaired) electrons. The van der Waals surface area contributed by atoms with E-state index in [9.17, 15) is 22.8 Å². The van der Waals surface area contributed by atoms with Crippen LogP contribution in [0, 0.1) is 5.92 Å². The number of halogens is 4. The van der Waals surface area contributed by atoms with Gasteiger partial charge in [0.05, 0.1) is 27.4 Å². The van der Waals surface area contributed by atoms with Gasteiger partial charge in [-0.05, 0) is 75.0 Å². The number of hydrogen-bond donors (Lipinski definition) is 0. The van der Waals surface area contributed by atoms with Crippen molar-refractivity contribution in [1.82, 2.24) is 9.78 Å². The van der Waals surface area contributed by atoms with Gasteiger partial charge >= 0.3 is 6.18 Å². The SMILES string of the molecule is O=CC1CCc2c(C3=CCCCC3)nn(C(=O)c3c(Cl)cccc3C3(C(F)(F)F)CC3)c2C1. The summed E-state index contributed by atoms with van der Waals surface area (Å²) in [6, 6.07) is 4.26. The molecule has 1 saturated carbocycles. The minimum Gasteiger partial charge on any atom is -0.303 e. The Morgan fingerprint density at radius 2 is 2.00 bits per heavy atom. The van der Waals surface area contributed by atoms with Gasteiger partial charge < -0.3 is 4.79 Å². The second kappa shape index (κ2) is 8.12. The normalized spacial score (nSPS) is 21.8. The third kappa shape index (κ3) is 3.65. The quantitative estimate of drug-likeness (QED) is 0.502. The van der Waals surface area contributed by atoms with Gasteiger partial charge in [0.25, 0.3) is 5.91 Å². The molecule has 5 rings (SSSR count). The Morgan fingerprint density at radius 1 is 1.21 bits per heavy atom. The molecular formula is C25H24ClF3N2O2. The Morgan fingerprint density at radius 3 is 2.64 bits per heavy atom. The predicted octanol–water partition coefficient (Wildman–Crippen LogP) is 6.08. The molecule has 1 heterocycles. The van der Waals surface area contributed by atoms with E-state index in [0.717, 1.165) is 48.8 Å². The Labute approximate surface area is 194 Å². The Balaban J connectivity index is 1.66.